The first-order valence-corrected chi connectivity index (χ1v) is 9.97. The van der Waals surface area contributed by atoms with Gasteiger partial charge in [-0.1, -0.05) is 11.6 Å². The lowest BCUT2D eigenvalue weighted by Crippen LogP contribution is -2.11. The number of pyridine rings is 1. The molecule has 2 N–H and O–H groups in total. The van der Waals surface area contributed by atoms with Crippen LogP contribution in [0.15, 0.2) is 54.7 Å². The Hall–Kier alpha value is -2.59. The van der Waals surface area contributed by atoms with Gasteiger partial charge in [-0.05, 0) is 93.0 Å². The molecule has 0 saturated heterocycles. The van der Waals surface area contributed by atoms with Crippen molar-refractivity contribution in [2.24, 2.45) is 0 Å². The van der Waals surface area contributed by atoms with Crippen LogP contribution < -0.4 is 10.6 Å². The second-order valence-electron chi connectivity index (χ2n) is 6.92. The summed E-state index contributed by atoms with van der Waals surface area (Å²) in [5.41, 5.74) is 3.52. The number of nitrogens with one attached hydrogen (secondary N) is 2. The molecule has 2 aromatic carbocycles. The third kappa shape index (κ3) is 5.27. The van der Waals surface area contributed by atoms with E-state index in [2.05, 4.69) is 28.5 Å². The predicted molar refractivity (Wildman–Crippen MR) is 119 cm³/mol. The molecule has 3 aromatic rings. The number of carbonyl (C=O) groups excluding carboxylic acids is 1. The predicted octanol–water partition coefficient (Wildman–Crippen LogP) is 6.15. The molecule has 0 unspecified atom stereocenters. The zero-order chi connectivity index (χ0) is 20.1. The summed E-state index contributed by atoms with van der Waals surface area (Å²) in [4.78, 5) is 16.5. The maximum absolute atomic E-state index is 12.1. The number of hydrogen-bond acceptors (Lipinski definition) is 3. The number of carbonyl (C=O) groups is 1. The van der Waals surface area contributed by atoms with E-state index in [1.165, 1.54) is 5.92 Å². The largest absolute Gasteiger partial charge is 0.355 e. The highest BCUT2D eigenvalue weighted by molar-refractivity contribution is 6.31. The number of anilines is 3. The first-order chi connectivity index (χ1) is 14.2. The molecule has 0 aliphatic heterocycles. The molecule has 145 valence electrons. The highest BCUT2D eigenvalue weighted by atomic mass is 35.5. The van der Waals surface area contributed by atoms with Gasteiger partial charge in [0.2, 0.25) is 5.91 Å². The number of hydrogen-bond donors (Lipinski definition) is 2. The Kier molecular flexibility index (Phi) is 6.30. The van der Waals surface area contributed by atoms with Crippen LogP contribution in [0, 0.1) is 31.6 Å². The molecule has 5 heteroatoms. The van der Waals surface area contributed by atoms with Gasteiger partial charge in [0.25, 0.3) is 0 Å². The Bertz CT molecular complexity index is 981. The van der Waals surface area contributed by atoms with Gasteiger partial charge in [0.05, 0.1) is 5.52 Å². The first-order valence-electron chi connectivity index (χ1n) is 9.59. The van der Waals surface area contributed by atoms with Crippen LogP contribution in [0.5, 0.6) is 0 Å². The van der Waals surface area contributed by atoms with Crippen molar-refractivity contribution in [1.29, 1.82) is 0 Å². The van der Waals surface area contributed by atoms with Crippen LogP contribution in [-0.2, 0) is 4.79 Å². The van der Waals surface area contributed by atoms with E-state index in [1.807, 2.05) is 61.4 Å². The van der Waals surface area contributed by atoms with Gasteiger partial charge in [-0.15, -0.1) is 0 Å². The SMILES string of the molecule is O=C(CCC[C]1[CH][CH][CH][CH]1)Nc1ccc(Nc2ccnc3cc(Cl)ccc23)cc1. The number of rotatable bonds is 7. The summed E-state index contributed by atoms with van der Waals surface area (Å²) in [6.07, 6.45) is 12.3. The minimum Gasteiger partial charge on any atom is -0.355 e. The molecular formula is C24H21ClN3O. The fourth-order valence-corrected chi connectivity index (χ4v) is 3.45. The Morgan fingerprint density at radius 2 is 1.72 bits per heavy atom. The van der Waals surface area contributed by atoms with E-state index in [4.69, 9.17) is 11.6 Å². The van der Waals surface area contributed by atoms with Crippen LogP contribution in [0.4, 0.5) is 17.1 Å². The van der Waals surface area contributed by atoms with E-state index in [9.17, 15) is 4.79 Å². The lowest BCUT2D eigenvalue weighted by Gasteiger charge is -2.11. The van der Waals surface area contributed by atoms with Crippen molar-refractivity contribution in [3.05, 3.63) is 91.4 Å². The van der Waals surface area contributed by atoms with Gasteiger partial charge >= 0.3 is 0 Å². The van der Waals surface area contributed by atoms with Crippen molar-refractivity contribution in [3.8, 4) is 0 Å². The summed E-state index contributed by atoms with van der Waals surface area (Å²) in [6, 6.07) is 15.3. The van der Waals surface area contributed by atoms with Crippen LogP contribution in [-0.4, -0.2) is 10.9 Å². The molecule has 1 saturated carbocycles. The Labute approximate surface area is 176 Å². The monoisotopic (exact) mass is 402 g/mol. The van der Waals surface area contributed by atoms with E-state index in [0.717, 1.165) is 40.8 Å². The summed E-state index contributed by atoms with van der Waals surface area (Å²) in [7, 11) is 0. The molecule has 0 bridgehead atoms. The average Bonchev–Trinajstić information content (AvgIpc) is 3.23. The van der Waals surface area contributed by atoms with E-state index in [0.29, 0.717) is 11.4 Å². The molecule has 1 amide bonds. The Balaban J connectivity index is 1.33. The number of halogens is 1. The summed E-state index contributed by atoms with van der Waals surface area (Å²) < 4.78 is 0. The second kappa shape index (κ2) is 9.27. The van der Waals surface area contributed by atoms with Crippen molar-refractivity contribution in [3.63, 3.8) is 0 Å². The van der Waals surface area contributed by atoms with Crippen molar-refractivity contribution < 1.29 is 4.79 Å². The van der Waals surface area contributed by atoms with Crippen molar-refractivity contribution in [1.82, 2.24) is 4.98 Å². The summed E-state index contributed by atoms with van der Waals surface area (Å²) >= 11 is 6.05. The maximum Gasteiger partial charge on any atom is 0.224 e. The van der Waals surface area contributed by atoms with E-state index >= 15 is 0 Å². The molecular weight excluding hydrogens is 382 g/mol. The topological polar surface area (TPSA) is 54.0 Å². The zero-order valence-corrected chi connectivity index (χ0v) is 16.6. The quantitative estimate of drug-likeness (QED) is 0.498. The lowest BCUT2D eigenvalue weighted by molar-refractivity contribution is -0.116. The highest BCUT2D eigenvalue weighted by Crippen LogP contribution is 2.29. The number of aromatic nitrogens is 1. The Morgan fingerprint density at radius 3 is 2.52 bits per heavy atom. The van der Waals surface area contributed by atoms with Gasteiger partial charge < -0.3 is 10.6 Å². The normalized spacial score (nSPS) is 14.2. The van der Waals surface area contributed by atoms with Crippen LogP contribution in [0.1, 0.15) is 19.3 Å². The minimum atomic E-state index is 0.0364. The van der Waals surface area contributed by atoms with E-state index in [1.54, 1.807) is 6.20 Å². The van der Waals surface area contributed by atoms with Crippen molar-refractivity contribution in [2.45, 2.75) is 19.3 Å². The molecule has 1 aliphatic carbocycles. The fraction of sp³-hybridized carbons (Fsp3) is 0.125. The van der Waals surface area contributed by atoms with Gasteiger partial charge in [0, 0.05) is 40.1 Å². The third-order valence-corrected chi connectivity index (χ3v) is 4.99. The van der Waals surface area contributed by atoms with E-state index in [-0.39, 0.29) is 5.91 Å². The lowest BCUT2D eigenvalue weighted by atomic mass is 10.0. The number of fused-ring (bicyclic) bond motifs is 1. The van der Waals surface area contributed by atoms with Gasteiger partial charge in [0.1, 0.15) is 0 Å². The van der Waals surface area contributed by atoms with Gasteiger partial charge in [-0.25, -0.2) is 0 Å². The molecule has 0 atom stereocenters. The first kappa shape index (κ1) is 19.7. The van der Waals surface area contributed by atoms with Crippen LogP contribution in [0.2, 0.25) is 5.02 Å². The van der Waals surface area contributed by atoms with Gasteiger partial charge in [-0.2, -0.15) is 0 Å². The zero-order valence-electron chi connectivity index (χ0n) is 15.9. The number of amides is 1. The van der Waals surface area contributed by atoms with E-state index < -0.39 is 0 Å². The molecule has 4 nitrogen and oxygen atoms in total. The highest BCUT2D eigenvalue weighted by Gasteiger charge is 2.16. The van der Waals surface area contributed by atoms with Crippen molar-refractivity contribution >= 4 is 45.5 Å². The smallest absolute Gasteiger partial charge is 0.224 e. The van der Waals surface area contributed by atoms with Gasteiger partial charge in [0.15, 0.2) is 0 Å². The number of benzene rings is 2. The van der Waals surface area contributed by atoms with Crippen LogP contribution in [0.25, 0.3) is 10.9 Å². The van der Waals surface area contributed by atoms with Gasteiger partial charge in [-0.3, -0.25) is 9.78 Å². The minimum absolute atomic E-state index is 0.0364. The third-order valence-electron chi connectivity index (χ3n) is 4.75. The number of nitrogens with zero attached hydrogens (tertiary/aromatic N) is 1. The molecule has 4 rings (SSSR count). The molecule has 0 spiro atoms. The molecule has 5 radical (unpaired) electrons. The molecule has 29 heavy (non-hydrogen) atoms. The summed E-state index contributed by atoms with van der Waals surface area (Å²) in [5.74, 6) is 1.31. The summed E-state index contributed by atoms with van der Waals surface area (Å²) in [5, 5.41) is 8.02. The second-order valence-corrected chi connectivity index (χ2v) is 7.35. The molecule has 1 fully saturated rings. The molecule has 1 aliphatic rings. The summed E-state index contributed by atoms with van der Waals surface area (Å²) in [6.45, 7) is 0. The van der Waals surface area contributed by atoms with Crippen LogP contribution in [0.3, 0.4) is 0 Å². The molecule has 1 aromatic heterocycles. The van der Waals surface area contributed by atoms with Crippen molar-refractivity contribution in [2.75, 3.05) is 10.6 Å². The standard InChI is InChI=1S/C24H21ClN3O/c25-18-8-13-21-22(14-15-26-23(21)16-18)27-19-9-11-20(12-10-19)28-24(29)7-3-6-17-4-1-2-5-17/h1-2,4-5,8-16H,3,6-7H2,(H,26,27)(H,28,29). The maximum atomic E-state index is 12.1. The Morgan fingerprint density at radius 1 is 0.966 bits per heavy atom. The average molecular weight is 403 g/mol. The van der Waals surface area contributed by atoms with Crippen LogP contribution >= 0.6 is 11.6 Å². The molecule has 1 heterocycles. The fourth-order valence-electron chi connectivity index (χ4n) is 3.28.